The molecule has 2 aromatic rings. The monoisotopic (exact) mass is 1600 g/mol. The van der Waals surface area contributed by atoms with E-state index in [9.17, 15) is 43.5 Å². The summed E-state index contributed by atoms with van der Waals surface area (Å²) in [6.45, 7) is 23.9. The summed E-state index contributed by atoms with van der Waals surface area (Å²) in [7, 11) is 6.25. The zero-order valence-corrected chi connectivity index (χ0v) is 70.3. The van der Waals surface area contributed by atoms with E-state index in [1.165, 1.54) is 5.56 Å². The van der Waals surface area contributed by atoms with Gasteiger partial charge in [-0.15, -0.1) is 5.53 Å². The Hall–Kier alpha value is -6.90. The van der Waals surface area contributed by atoms with Crippen LogP contribution in [0.15, 0.2) is 47.8 Å². The zero-order chi connectivity index (χ0) is 82.3. The summed E-state index contributed by atoms with van der Waals surface area (Å²) in [6, 6.07) is 8.29. The molecule has 0 aromatic heterocycles. The Balaban J connectivity index is 0.783. The van der Waals surface area contributed by atoms with Gasteiger partial charge in [-0.1, -0.05) is 79.4 Å². The molecule has 8 rings (SSSR count). The molecular formula is C85H138N11O18+. The molecule has 6 aliphatic rings. The van der Waals surface area contributed by atoms with Gasteiger partial charge in [0.25, 0.3) is 0 Å². The smallest absolute Gasteiger partial charge is 0.246 e. The van der Waals surface area contributed by atoms with Crippen LogP contribution in [0.4, 0.5) is 5.69 Å². The van der Waals surface area contributed by atoms with Crippen molar-refractivity contribution in [3.8, 4) is 5.75 Å². The van der Waals surface area contributed by atoms with Gasteiger partial charge in [-0.05, 0) is 179 Å². The van der Waals surface area contributed by atoms with Crippen LogP contribution in [0, 0.1) is 28.6 Å². The van der Waals surface area contributed by atoms with Crippen molar-refractivity contribution in [2.75, 3.05) is 165 Å². The van der Waals surface area contributed by atoms with Gasteiger partial charge in [-0.2, -0.15) is 0 Å². The van der Waals surface area contributed by atoms with Crippen LogP contribution in [0.3, 0.4) is 0 Å². The van der Waals surface area contributed by atoms with Gasteiger partial charge >= 0.3 is 0 Å². The van der Waals surface area contributed by atoms with Crippen LogP contribution >= 0.6 is 0 Å². The Kier molecular flexibility index (Phi) is 37.1. The molecule has 2 aromatic carbocycles. The summed E-state index contributed by atoms with van der Waals surface area (Å²) in [5.41, 5.74) is 11.1. The summed E-state index contributed by atoms with van der Waals surface area (Å²) < 4.78 is 51.8. The number of phenols is 1. The minimum atomic E-state index is -1.10. The number of likely N-dealkylation sites (N-methyl/N-ethyl adjacent to an activating group) is 1. The summed E-state index contributed by atoms with van der Waals surface area (Å²) >= 11 is 0. The molecule has 10 atom stereocenters. The van der Waals surface area contributed by atoms with Crippen LogP contribution in [-0.4, -0.2) is 246 Å². The highest BCUT2D eigenvalue weighted by molar-refractivity contribution is 6.01. The molecule has 1 aliphatic heterocycles. The van der Waals surface area contributed by atoms with E-state index in [1.807, 2.05) is 56.1 Å². The standard InChI is InChI=1S/C85H137N11O18/c1-12-106-44-45-110-52-53-112-50-47-108-42-32-73(99)90-67(20-16-17-37-86-74(100)58-114-69-22-15-13-14-21-68-76(69)93-94-95(68)39-43-109-48-51-113-55-54-111-49-46-107-41-31-72(98)87-38-40-96(9,10)11)78(102)91-75(59(2)3)79(103)88-60(4)77(101)89-63-27-23-61-25-29-70-82(5,65(61)56-63)33-18-35-84(70,7)80(104)92-81(105)85(8)36-19-34-83(6)66-57-64(97)28-24-62(66)26-30-71(83)85/h23-24,27-28,56-57,59-60,67,69-71,75,93-94H,12-22,25-26,29-55,58H2,1-11H3,(H7-,86,87,88,89,90,91,92,97,98,99,100,101,102,103,104,105)/p+1/t60-,67+,69?,70+,71+,75-,82+,83+,84-,85-/m0/s1. The Bertz CT molecular complexity index is 3490. The molecule has 2 fully saturated rings. The largest absolute Gasteiger partial charge is 0.508 e. The highest BCUT2D eigenvalue weighted by Gasteiger charge is 2.59. The number of hydrazine groups is 2. The summed E-state index contributed by atoms with van der Waals surface area (Å²) in [5.74, 6) is -3.21. The predicted molar refractivity (Wildman–Crippen MR) is 432 cm³/mol. The van der Waals surface area contributed by atoms with Crippen molar-refractivity contribution in [1.82, 2.24) is 47.9 Å². The number of quaternary nitrogens is 1. The maximum absolute atomic E-state index is 14.9. The first-order chi connectivity index (χ1) is 54.6. The van der Waals surface area contributed by atoms with Gasteiger partial charge in [-0.25, -0.2) is 0 Å². The Labute approximate surface area is 676 Å². The number of aromatic hydroxyl groups is 1. The minimum absolute atomic E-state index is 0.00840. The fraction of sp³-hybridized carbons (Fsp3) is 0.741. The second kappa shape index (κ2) is 45.7. The van der Waals surface area contributed by atoms with Gasteiger partial charge in [0.2, 0.25) is 47.3 Å². The quantitative estimate of drug-likeness (QED) is 0.0186. The summed E-state index contributed by atoms with van der Waals surface area (Å²) in [5, 5.41) is 33.1. The predicted octanol–water partition coefficient (Wildman–Crippen LogP) is 6.75. The molecule has 2 saturated carbocycles. The van der Waals surface area contributed by atoms with Gasteiger partial charge in [0.15, 0.2) is 0 Å². The molecular weight excluding hydrogens is 1460 g/mol. The lowest BCUT2D eigenvalue weighted by Crippen LogP contribution is -2.60. The number of ether oxygens (including phenoxy) is 9. The third-order valence-electron chi connectivity index (χ3n) is 24.2. The molecule has 0 saturated heterocycles. The number of carbonyl (C=O) groups is 8. The second-order valence-electron chi connectivity index (χ2n) is 34.0. The van der Waals surface area contributed by atoms with Crippen molar-refractivity contribution >= 4 is 52.9 Å². The van der Waals surface area contributed by atoms with E-state index in [0.717, 1.165) is 116 Å². The first kappa shape index (κ1) is 92.6. The fourth-order valence-corrected chi connectivity index (χ4v) is 17.7. The number of nitrogens with zero attached hydrogens (tertiary/aromatic N) is 2. The van der Waals surface area contributed by atoms with Crippen molar-refractivity contribution in [1.29, 1.82) is 0 Å². The number of nitrogens with one attached hydrogen (secondary N) is 9. The van der Waals surface area contributed by atoms with E-state index in [1.54, 1.807) is 26.8 Å². The first-order valence-corrected chi connectivity index (χ1v) is 42.2. The number of hydrogen-bond donors (Lipinski definition) is 10. The summed E-state index contributed by atoms with van der Waals surface area (Å²) in [4.78, 5) is 111. The fourth-order valence-electron chi connectivity index (χ4n) is 17.7. The van der Waals surface area contributed by atoms with Crippen LogP contribution in [0.25, 0.3) is 0 Å². The topological polar surface area (TPSA) is 351 Å². The molecule has 114 heavy (non-hydrogen) atoms. The number of carbonyl (C=O) groups excluding carboxylic acids is 8. The molecule has 29 nitrogen and oxygen atoms in total. The third kappa shape index (κ3) is 27.1. The van der Waals surface area contributed by atoms with E-state index in [-0.39, 0.29) is 91.9 Å². The molecule has 0 bridgehead atoms. The molecule has 8 amide bonds. The second-order valence-corrected chi connectivity index (χ2v) is 34.0. The maximum Gasteiger partial charge on any atom is 0.246 e. The van der Waals surface area contributed by atoms with E-state index < -0.39 is 63.9 Å². The highest BCUT2D eigenvalue weighted by atomic mass is 16.6. The lowest BCUT2D eigenvalue weighted by molar-refractivity contribution is -0.869. The van der Waals surface area contributed by atoms with E-state index in [2.05, 4.69) is 83.2 Å². The van der Waals surface area contributed by atoms with Crippen molar-refractivity contribution in [2.24, 2.45) is 28.6 Å². The molecule has 10 N–H and O–H groups in total. The van der Waals surface area contributed by atoms with E-state index in [4.69, 9.17) is 42.6 Å². The van der Waals surface area contributed by atoms with Gasteiger partial charge in [0.1, 0.15) is 36.6 Å². The van der Waals surface area contributed by atoms with Gasteiger partial charge in [-0.3, -0.25) is 48.7 Å². The normalized spacial score (nSPS) is 23.4. The number of benzene rings is 2. The molecule has 29 heteroatoms. The number of imide groups is 1. The minimum Gasteiger partial charge on any atom is -0.508 e. The van der Waals surface area contributed by atoms with Crippen molar-refractivity contribution in [3.63, 3.8) is 0 Å². The molecule has 1 unspecified atom stereocenters. The summed E-state index contributed by atoms with van der Waals surface area (Å²) in [6.07, 6.45) is 13.2. The number of hydrogen-bond acceptors (Lipinski definition) is 21. The van der Waals surface area contributed by atoms with Crippen LogP contribution in [0.1, 0.15) is 193 Å². The van der Waals surface area contributed by atoms with Gasteiger partial charge in [0, 0.05) is 31.7 Å². The number of fused-ring (bicyclic) bond motifs is 6. The maximum atomic E-state index is 14.9. The van der Waals surface area contributed by atoms with Crippen LogP contribution in [0.5, 0.6) is 5.75 Å². The number of allylic oxidation sites excluding steroid dienone is 1. The van der Waals surface area contributed by atoms with Crippen LogP contribution < -0.4 is 48.2 Å². The number of anilines is 1. The van der Waals surface area contributed by atoms with Crippen LogP contribution in [-0.2, 0) is 105 Å². The SMILES string of the molecule is CCOCCOCCOCCOCCC(=O)N[C@H](CCCCNC(=O)COC1CCCCCC2=C1NNN2CCOCCOCCOCCOCCC(=O)NCC[N+](C)(C)C)C(=O)N[C@H](C(=O)N[C@@H](C)C(=O)Nc1ccc2c(c1)[C@@]1(C)CCC[C@](C)(C(=O)NC(=O)[C@@]3(C)CCC[C@]4(C)c5cc(O)ccc5CC[C@@H]34)[C@@H]1CC2)C(C)C. The Morgan fingerprint density at radius 2 is 1.11 bits per heavy atom. The van der Waals surface area contributed by atoms with Gasteiger partial charge < -0.3 is 89.5 Å². The van der Waals surface area contributed by atoms with E-state index >= 15 is 0 Å². The van der Waals surface area contributed by atoms with Crippen molar-refractivity contribution in [2.45, 2.75) is 219 Å². The first-order valence-electron chi connectivity index (χ1n) is 42.2. The van der Waals surface area contributed by atoms with Crippen molar-refractivity contribution < 1.29 is 90.6 Å². The lowest BCUT2D eigenvalue weighted by Gasteiger charge is -2.56. The van der Waals surface area contributed by atoms with E-state index in [0.29, 0.717) is 150 Å². The number of phenolic OH excluding ortho intramolecular Hbond substituents is 1. The molecule has 0 spiro atoms. The average molecular weight is 1600 g/mol. The zero-order valence-electron chi connectivity index (χ0n) is 70.3. The number of amides is 8. The Morgan fingerprint density at radius 3 is 1.68 bits per heavy atom. The number of unbranched alkanes of at least 4 members (excludes halogenated alkanes) is 1. The molecule has 1 heterocycles. The molecule has 640 valence electrons. The lowest BCUT2D eigenvalue weighted by atomic mass is 9.49. The van der Waals surface area contributed by atoms with Crippen LogP contribution in [0.2, 0.25) is 0 Å². The molecule has 0 radical (unpaired) electrons. The van der Waals surface area contributed by atoms with Gasteiger partial charge in [0.05, 0.1) is 162 Å². The number of rotatable bonds is 49. The third-order valence-corrected chi connectivity index (χ3v) is 24.2. The Morgan fingerprint density at radius 1 is 0.561 bits per heavy atom. The van der Waals surface area contributed by atoms with Crippen molar-refractivity contribution in [3.05, 3.63) is 70.0 Å². The number of aryl methyl sites for hydroxylation is 2. The highest BCUT2D eigenvalue weighted by Crippen LogP contribution is 2.60. The average Bonchev–Trinajstić information content (AvgIpc) is 0.866. The molecule has 5 aliphatic carbocycles.